The first-order valence-electron chi connectivity index (χ1n) is 6.13. The molecule has 0 aromatic carbocycles. The van der Waals surface area contributed by atoms with Gasteiger partial charge in [-0.1, -0.05) is 26.7 Å². The van der Waals surface area contributed by atoms with E-state index in [0.29, 0.717) is 13.1 Å². The molecule has 0 aliphatic rings. The van der Waals surface area contributed by atoms with Gasteiger partial charge in [0, 0.05) is 25.9 Å². The van der Waals surface area contributed by atoms with E-state index in [9.17, 15) is 9.59 Å². The number of unbranched alkanes of at least 4 members (excludes halogenated alkanes) is 1. The first-order chi connectivity index (χ1) is 7.61. The van der Waals surface area contributed by atoms with Crippen molar-refractivity contribution in [1.82, 2.24) is 10.6 Å². The Balaban J connectivity index is 3.70. The Kier molecular flexibility index (Phi) is 8.58. The summed E-state index contributed by atoms with van der Waals surface area (Å²) in [5.41, 5.74) is 0. The van der Waals surface area contributed by atoms with E-state index in [1.165, 1.54) is 6.92 Å². The van der Waals surface area contributed by atoms with E-state index >= 15 is 0 Å². The minimum atomic E-state index is -0.0627. The molecule has 2 amide bonds. The average molecular weight is 228 g/mol. The average Bonchev–Trinajstić information content (AvgIpc) is 2.25. The van der Waals surface area contributed by atoms with Crippen molar-refractivity contribution in [2.24, 2.45) is 5.92 Å². The summed E-state index contributed by atoms with van der Waals surface area (Å²) in [6.45, 7) is 6.65. The first kappa shape index (κ1) is 14.9. The molecule has 16 heavy (non-hydrogen) atoms. The minimum Gasteiger partial charge on any atom is -0.355 e. The third-order valence-electron chi connectivity index (χ3n) is 2.57. The van der Waals surface area contributed by atoms with E-state index in [1.807, 2.05) is 6.92 Å². The van der Waals surface area contributed by atoms with Gasteiger partial charge in [0.2, 0.25) is 11.8 Å². The molecule has 0 aliphatic carbocycles. The zero-order valence-electron chi connectivity index (χ0n) is 10.6. The van der Waals surface area contributed by atoms with Gasteiger partial charge in [0.1, 0.15) is 0 Å². The van der Waals surface area contributed by atoms with Crippen molar-refractivity contribution in [1.29, 1.82) is 0 Å². The highest BCUT2D eigenvalue weighted by Crippen LogP contribution is 2.12. The number of hydrogen-bond donors (Lipinski definition) is 2. The van der Waals surface area contributed by atoms with Crippen LogP contribution in [0.4, 0.5) is 0 Å². The Morgan fingerprint density at radius 2 is 1.75 bits per heavy atom. The summed E-state index contributed by atoms with van der Waals surface area (Å²) in [4.78, 5) is 22.3. The molecule has 0 aromatic heterocycles. The van der Waals surface area contributed by atoms with Gasteiger partial charge in [0.05, 0.1) is 0 Å². The molecule has 1 unspecified atom stereocenters. The number of carbonyl (C=O) groups is 2. The number of hydrogen-bond acceptors (Lipinski definition) is 2. The number of nitrogens with one attached hydrogen (secondary N) is 2. The fourth-order valence-corrected chi connectivity index (χ4v) is 1.54. The lowest BCUT2D eigenvalue weighted by molar-refractivity contribution is -0.125. The molecule has 0 heterocycles. The molecule has 0 saturated heterocycles. The molecule has 0 spiro atoms. The van der Waals surface area contributed by atoms with Crippen LogP contribution < -0.4 is 10.6 Å². The summed E-state index contributed by atoms with van der Waals surface area (Å²) in [6.07, 6.45) is 4.05. The predicted octanol–water partition coefficient (Wildman–Crippen LogP) is 1.46. The highest BCUT2D eigenvalue weighted by atomic mass is 16.2. The summed E-state index contributed by atoms with van der Waals surface area (Å²) in [7, 11) is 0. The van der Waals surface area contributed by atoms with Crippen LogP contribution in [0, 0.1) is 5.92 Å². The lowest BCUT2D eigenvalue weighted by atomic mass is 9.98. The molecule has 0 aromatic rings. The van der Waals surface area contributed by atoms with Crippen LogP contribution >= 0.6 is 0 Å². The third-order valence-corrected chi connectivity index (χ3v) is 2.57. The number of rotatable bonds is 8. The molecule has 0 saturated carbocycles. The van der Waals surface area contributed by atoms with Crippen LogP contribution in [0.3, 0.4) is 0 Å². The molecule has 4 heteroatoms. The zero-order chi connectivity index (χ0) is 12.4. The van der Waals surface area contributed by atoms with Gasteiger partial charge < -0.3 is 10.6 Å². The van der Waals surface area contributed by atoms with Gasteiger partial charge in [-0.05, 0) is 12.8 Å². The maximum absolute atomic E-state index is 11.7. The van der Waals surface area contributed by atoms with Crippen LogP contribution in [-0.2, 0) is 9.59 Å². The van der Waals surface area contributed by atoms with E-state index in [1.54, 1.807) is 0 Å². The van der Waals surface area contributed by atoms with Crippen LogP contribution in [0.1, 0.15) is 46.5 Å². The summed E-state index contributed by atoms with van der Waals surface area (Å²) >= 11 is 0. The monoisotopic (exact) mass is 228 g/mol. The predicted molar refractivity (Wildman–Crippen MR) is 65.0 cm³/mol. The molecule has 0 fully saturated rings. The zero-order valence-corrected chi connectivity index (χ0v) is 10.6. The summed E-state index contributed by atoms with van der Waals surface area (Å²) < 4.78 is 0. The molecule has 1 atom stereocenters. The van der Waals surface area contributed by atoms with Crippen molar-refractivity contribution >= 4 is 11.8 Å². The van der Waals surface area contributed by atoms with E-state index in [2.05, 4.69) is 17.6 Å². The number of carbonyl (C=O) groups excluding carboxylic acids is 2. The van der Waals surface area contributed by atoms with Crippen LogP contribution in [0.15, 0.2) is 0 Å². The summed E-state index contributed by atoms with van der Waals surface area (Å²) in [6, 6.07) is 0. The van der Waals surface area contributed by atoms with Crippen molar-refractivity contribution in [3.63, 3.8) is 0 Å². The second-order valence-electron chi connectivity index (χ2n) is 4.02. The molecular formula is C12H24N2O2. The standard InChI is InChI=1S/C12H24N2O2/c1-4-6-7-11(5-2)12(16)14-9-8-13-10(3)15/h11H,4-9H2,1-3H3,(H,13,15)(H,14,16). The molecule has 0 rings (SSSR count). The lowest BCUT2D eigenvalue weighted by Crippen LogP contribution is -2.36. The quantitative estimate of drug-likeness (QED) is 0.618. The van der Waals surface area contributed by atoms with Gasteiger partial charge in [-0.25, -0.2) is 0 Å². The molecule has 0 bridgehead atoms. The van der Waals surface area contributed by atoms with Crippen LogP contribution in [0.25, 0.3) is 0 Å². The molecule has 4 nitrogen and oxygen atoms in total. The Bertz CT molecular complexity index is 217. The van der Waals surface area contributed by atoms with Gasteiger partial charge in [-0.3, -0.25) is 9.59 Å². The summed E-state index contributed by atoms with van der Waals surface area (Å²) in [5.74, 6) is 0.172. The van der Waals surface area contributed by atoms with Gasteiger partial charge in [-0.2, -0.15) is 0 Å². The van der Waals surface area contributed by atoms with Gasteiger partial charge in [-0.15, -0.1) is 0 Å². The van der Waals surface area contributed by atoms with E-state index in [0.717, 1.165) is 25.7 Å². The smallest absolute Gasteiger partial charge is 0.223 e. The molecule has 0 aliphatic heterocycles. The van der Waals surface area contributed by atoms with Crippen LogP contribution in [-0.4, -0.2) is 24.9 Å². The van der Waals surface area contributed by atoms with Crippen molar-refractivity contribution < 1.29 is 9.59 Å². The van der Waals surface area contributed by atoms with E-state index in [4.69, 9.17) is 0 Å². The van der Waals surface area contributed by atoms with Gasteiger partial charge >= 0.3 is 0 Å². The van der Waals surface area contributed by atoms with Gasteiger partial charge in [0.15, 0.2) is 0 Å². The largest absolute Gasteiger partial charge is 0.355 e. The second-order valence-corrected chi connectivity index (χ2v) is 4.02. The van der Waals surface area contributed by atoms with Crippen molar-refractivity contribution in [3.8, 4) is 0 Å². The molecular weight excluding hydrogens is 204 g/mol. The SMILES string of the molecule is CCCCC(CC)C(=O)NCCNC(C)=O. The minimum absolute atomic E-state index is 0.0627. The normalized spacial score (nSPS) is 11.9. The maximum atomic E-state index is 11.7. The van der Waals surface area contributed by atoms with E-state index < -0.39 is 0 Å². The number of amides is 2. The molecule has 0 radical (unpaired) electrons. The van der Waals surface area contributed by atoms with Crippen molar-refractivity contribution in [2.45, 2.75) is 46.5 Å². The maximum Gasteiger partial charge on any atom is 0.223 e. The third kappa shape index (κ3) is 7.26. The molecule has 2 N–H and O–H groups in total. The fourth-order valence-electron chi connectivity index (χ4n) is 1.54. The van der Waals surface area contributed by atoms with Crippen LogP contribution in [0.2, 0.25) is 0 Å². The highest BCUT2D eigenvalue weighted by molar-refractivity contribution is 5.78. The Morgan fingerprint density at radius 1 is 1.12 bits per heavy atom. The lowest BCUT2D eigenvalue weighted by Gasteiger charge is -2.14. The van der Waals surface area contributed by atoms with Crippen LogP contribution in [0.5, 0.6) is 0 Å². The highest BCUT2D eigenvalue weighted by Gasteiger charge is 2.14. The first-order valence-corrected chi connectivity index (χ1v) is 6.13. The van der Waals surface area contributed by atoms with Gasteiger partial charge in [0.25, 0.3) is 0 Å². The summed E-state index contributed by atoms with van der Waals surface area (Å²) in [5, 5.41) is 5.49. The fraction of sp³-hybridized carbons (Fsp3) is 0.833. The Labute approximate surface area is 98.2 Å². The Morgan fingerprint density at radius 3 is 2.25 bits per heavy atom. The Hall–Kier alpha value is -1.06. The topological polar surface area (TPSA) is 58.2 Å². The van der Waals surface area contributed by atoms with E-state index in [-0.39, 0.29) is 17.7 Å². The van der Waals surface area contributed by atoms with Crippen molar-refractivity contribution in [2.75, 3.05) is 13.1 Å². The second kappa shape index (κ2) is 9.19. The molecule has 94 valence electrons. The van der Waals surface area contributed by atoms with Crippen molar-refractivity contribution in [3.05, 3.63) is 0 Å².